The van der Waals surface area contributed by atoms with Crippen molar-refractivity contribution in [1.29, 1.82) is 0 Å². The third kappa shape index (κ3) is 4.16. The van der Waals surface area contributed by atoms with Crippen LogP contribution in [-0.2, 0) is 11.0 Å². The smallest absolute Gasteiger partial charge is 0.397 e. The van der Waals surface area contributed by atoms with Crippen molar-refractivity contribution in [3.63, 3.8) is 0 Å². The van der Waals surface area contributed by atoms with Gasteiger partial charge in [0, 0.05) is 30.7 Å². The lowest BCUT2D eigenvalue weighted by Gasteiger charge is -2.25. The fraction of sp³-hybridized carbons (Fsp3) is 0.158. The highest BCUT2D eigenvalue weighted by Crippen LogP contribution is 2.31. The van der Waals surface area contributed by atoms with Crippen molar-refractivity contribution < 1.29 is 22.8 Å². The highest BCUT2D eigenvalue weighted by molar-refractivity contribution is 6.01. The normalized spacial score (nSPS) is 11.3. The Labute approximate surface area is 164 Å². The Balaban J connectivity index is 1.84. The van der Waals surface area contributed by atoms with Crippen LogP contribution in [0.3, 0.4) is 0 Å². The van der Waals surface area contributed by atoms with Crippen LogP contribution in [0, 0.1) is 0 Å². The van der Waals surface area contributed by atoms with Crippen LogP contribution < -0.4 is 15.7 Å². The molecule has 0 fully saturated rings. The number of urea groups is 1. The Morgan fingerprint density at radius 1 is 1.17 bits per heavy atom. The highest BCUT2D eigenvalue weighted by atomic mass is 19.4. The number of aromatic amines is 1. The molecule has 0 saturated heterocycles. The third-order valence-corrected chi connectivity index (χ3v) is 4.25. The summed E-state index contributed by atoms with van der Waals surface area (Å²) in [6, 6.07) is 9.47. The standard InChI is InChI=1S/C19H18F3N5O2/c1-26(14-5-3-12(4-6-14)17-15(23)8-10-25-17)18(28)27(29-2)16-11-13(7-9-24-16)19(20,21)22/h3-11,25H,23H2,1-2H3. The molecule has 0 aliphatic carbocycles. The summed E-state index contributed by atoms with van der Waals surface area (Å²) in [5.41, 5.74) is 7.59. The first-order valence-electron chi connectivity index (χ1n) is 8.41. The van der Waals surface area contributed by atoms with Crippen molar-refractivity contribution in [3.8, 4) is 11.3 Å². The Morgan fingerprint density at radius 3 is 2.41 bits per heavy atom. The predicted octanol–water partition coefficient (Wildman–Crippen LogP) is 4.30. The summed E-state index contributed by atoms with van der Waals surface area (Å²) < 4.78 is 38.8. The van der Waals surface area contributed by atoms with Crippen LogP contribution in [0.5, 0.6) is 0 Å². The lowest BCUT2D eigenvalue weighted by Crippen LogP contribution is -2.41. The number of nitrogens with one attached hydrogen (secondary N) is 1. The number of anilines is 3. The van der Waals surface area contributed by atoms with E-state index in [1.165, 1.54) is 19.1 Å². The molecule has 0 radical (unpaired) electrons. The maximum absolute atomic E-state index is 12.9. The monoisotopic (exact) mass is 405 g/mol. The summed E-state index contributed by atoms with van der Waals surface area (Å²) in [7, 11) is 2.64. The molecule has 2 aromatic heterocycles. The van der Waals surface area contributed by atoms with Crippen molar-refractivity contribution in [2.45, 2.75) is 6.18 Å². The van der Waals surface area contributed by atoms with E-state index < -0.39 is 17.8 Å². The van der Waals surface area contributed by atoms with Crippen LogP contribution in [0.1, 0.15) is 5.56 Å². The van der Waals surface area contributed by atoms with Gasteiger partial charge in [0.15, 0.2) is 5.82 Å². The van der Waals surface area contributed by atoms with Crippen molar-refractivity contribution in [2.75, 3.05) is 29.9 Å². The maximum atomic E-state index is 12.9. The molecule has 0 aliphatic heterocycles. The summed E-state index contributed by atoms with van der Waals surface area (Å²) in [5.74, 6) is -0.282. The maximum Gasteiger partial charge on any atom is 0.416 e. The Bertz CT molecular complexity index is 1000. The zero-order chi connectivity index (χ0) is 21.2. The van der Waals surface area contributed by atoms with E-state index in [1.54, 1.807) is 36.5 Å². The van der Waals surface area contributed by atoms with Crippen LogP contribution in [-0.4, -0.2) is 30.2 Å². The third-order valence-electron chi connectivity index (χ3n) is 4.25. The van der Waals surface area contributed by atoms with Gasteiger partial charge in [-0.3, -0.25) is 9.74 Å². The van der Waals surface area contributed by atoms with E-state index in [2.05, 4.69) is 9.97 Å². The number of benzene rings is 1. The molecular formula is C19H18F3N5O2. The van der Waals surface area contributed by atoms with E-state index in [9.17, 15) is 18.0 Å². The van der Waals surface area contributed by atoms with Crippen molar-refractivity contribution in [1.82, 2.24) is 9.97 Å². The van der Waals surface area contributed by atoms with Crippen LogP contribution >= 0.6 is 0 Å². The number of H-pyrrole nitrogens is 1. The number of carbonyl (C=O) groups excluding carboxylic acids is 1. The van der Waals surface area contributed by atoms with Crippen LogP contribution in [0.15, 0.2) is 54.9 Å². The van der Waals surface area contributed by atoms with E-state index in [4.69, 9.17) is 10.6 Å². The molecule has 7 nitrogen and oxygen atoms in total. The minimum Gasteiger partial charge on any atom is -0.397 e. The number of carbonyl (C=O) groups is 1. The molecule has 152 valence electrons. The van der Waals surface area contributed by atoms with Gasteiger partial charge in [-0.25, -0.2) is 9.78 Å². The van der Waals surface area contributed by atoms with Gasteiger partial charge < -0.3 is 10.7 Å². The molecule has 2 amide bonds. The van der Waals surface area contributed by atoms with Gasteiger partial charge in [0.2, 0.25) is 0 Å². The van der Waals surface area contributed by atoms with Gasteiger partial charge in [-0.15, -0.1) is 0 Å². The fourth-order valence-corrected chi connectivity index (χ4v) is 2.71. The van der Waals surface area contributed by atoms with Crippen LogP contribution in [0.2, 0.25) is 0 Å². The minimum absolute atomic E-state index is 0.282. The number of nitrogens with zero attached hydrogens (tertiary/aromatic N) is 3. The van der Waals surface area contributed by atoms with Gasteiger partial charge in [-0.2, -0.15) is 18.2 Å². The van der Waals surface area contributed by atoms with Crippen LogP contribution in [0.25, 0.3) is 11.3 Å². The van der Waals surface area contributed by atoms with E-state index in [0.717, 1.165) is 29.6 Å². The number of aromatic nitrogens is 2. The molecule has 0 saturated carbocycles. The molecule has 0 aliphatic rings. The molecule has 0 atom stereocenters. The number of amides is 2. The molecule has 1 aromatic carbocycles. The number of nitrogens with two attached hydrogens (primary N) is 1. The largest absolute Gasteiger partial charge is 0.416 e. The Kier molecular flexibility index (Phi) is 5.46. The SMILES string of the molecule is CON(C(=O)N(C)c1ccc(-c2[nH]ccc2N)cc1)c1cc(C(F)(F)F)ccn1. The van der Waals surface area contributed by atoms with E-state index in [-0.39, 0.29) is 5.82 Å². The highest BCUT2D eigenvalue weighted by Gasteiger charge is 2.32. The summed E-state index contributed by atoms with van der Waals surface area (Å²) in [5, 5.41) is 0.687. The van der Waals surface area contributed by atoms with Crippen molar-refractivity contribution >= 4 is 23.2 Å². The number of rotatable bonds is 4. The van der Waals surface area contributed by atoms with Crippen molar-refractivity contribution in [2.24, 2.45) is 0 Å². The number of pyridine rings is 1. The number of hydrogen-bond acceptors (Lipinski definition) is 4. The van der Waals surface area contributed by atoms with Gasteiger partial charge in [0.1, 0.15) is 0 Å². The lowest BCUT2D eigenvalue weighted by atomic mass is 10.1. The summed E-state index contributed by atoms with van der Waals surface area (Å²) in [6.45, 7) is 0. The zero-order valence-electron chi connectivity index (χ0n) is 15.6. The van der Waals surface area contributed by atoms with E-state index in [0.29, 0.717) is 16.4 Å². The molecule has 0 spiro atoms. The summed E-state index contributed by atoms with van der Waals surface area (Å²) in [6.07, 6.45) is -1.89. The molecule has 3 rings (SSSR count). The molecule has 3 N–H and O–H groups in total. The fourth-order valence-electron chi connectivity index (χ4n) is 2.71. The molecular weight excluding hydrogens is 387 g/mol. The number of hydrogen-bond donors (Lipinski definition) is 2. The molecule has 0 unspecified atom stereocenters. The summed E-state index contributed by atoms with van der Waals surface area (Å²) >= 11 is 0. The van der Waals surface area contributed by atoms with E-state index in [1.807, 2.05) is 0 Å². The number of halogens is 3. The average molecular weight is 405 g/mol. The number of nitrogen functional groups attached to an aromatic ring is 1. The molecule has 10 heteroatoms. The molecule has 0 bridgehead atoms. The van der Waals surface area contributed by atoms with E-state index >= 15 is 0 Å². The first-order valence-corrected chi connectivity index (χ1v) is 8.41. The molecule has 3 aromatic rings. The van der Waals surface area contributed by atoms with Gasteiger partial charge in [-0.05, 0) is 30.3 Å². The zero-order valence-corrected chi connectivity index (χ0v) is 15.6. The first-order chi connectivity index (χ1) is 13.7. The molecule has 29 heavy (non-hydrogen) atoms. The minimum atomic E-state index is -4.57. The number of hydroxylamine groups is 1. The summed E-state index contributed by atoms with van der Waals surface area (Å²) in [4.78, 5) is 25.8. The second-order valence-electron chi connectivity index (χ2n) is 6.07. The van der Waals surface area contributed by atoms with Gasteiger partial charge in [0.25, 0.3) is 0 Å². The quantitative estimate of drug-likeness (QED) is 0.634. The van der Waals surface area contributed by atoms with Gasteiger partial charge >= 0.3 is 12.2 Å². The molecule has 2 heterocycles. The number of alkyl halides is 3. The topological polar surface area (TPSA) is 87.5 Å². The van der Waals surface area contributed by atoms with Crippen molar-refractivity contribution in [3.05, 3.63) is 60.4 Å². The first kappa shape index (κ1) is 20.2. The predicted molar refractivity (Wildman–Crippen MR) is 103 cm³/mol. The second kappa shape index (κ2) is 7.84. The van der Waals surface area contributed by atoms with Gasteiger partial charge in [0.05, 0.1) is 24.1 Å². The lowest BCUT2D eigenvalue weighted by molar-refractivity contribution is -0.137. The Morgan fingerprint density at radius 2 is 1.86 bits per heavy atom. The second-order valence-corrected chi connectivity index (χ2v) is 6.07. The Hall–Kier alpha value is -3.53. The average Bonchev–Trinajstić information content (AvgIpc) is 3.13. The van der Waals surface area contributed by atoms with Gasteiger partial charge in [-0.1, -0.05) is 12.1 Å². The van der Waals surface area contributed by atoms with Crippen LogP contribution in [0.4, 0.5) is 35.2 Å².